The van der Waals surface area contributed by atoms with Crippen molar-refractivity contribution in [2.45, 2.75) is 18.9 Å². The van der Waals surface area contributed by atoms with E-state index >= 15 is 0 Å². The number of ether oxygens (including phenoxy) is 3. The number of nitriles is 1. The largest absolute Gasteiger partial charge is 0.476 e. The van der Waals surface area contributed by atoms with E-state index in [9.17, 15) is 14.4 Å². The number of halogens is 2. The maximum absolute atomic E-state index is 13.8. The van der Waals surface area contributed by atoms with Crippen LogP contribution in [0.5, 0.6) is 17.2 Å². The fraction of sp³-hybridized carbons (Fsp3) is 0.120. The summed E-state index contributed by atoms with van der Waals surface area (Å²) in [5.74, 6) is -1.38. The predicted octanol–water partition coefficient (Wildman–Crippen LogP) is 5.07. The number of carbonyl (C=O) groups is 1. The molecule has 0 radical (unpaired) electrons. The molecule has 0 amide bonds. The lowest BCUT2D eigenvalue weighted by molar-refractivity contribution is -0.141. The molecular weight excluding hydrogens is 447 g/mol. The van der Waals surface area contributed by atoms with Gasteiger partial charge in [0.1, 0.15) is 23.1 Å². The summed E-state index contributed by atoms with van der Waals surface area (Å²) >= 11 is 6.14. The molecular formula is C25H18ClFN2O4. The van der Waals surface area contributed by atoms with Gasteiger partial charge in [0.15, 0.2) is 17.7 Å². The highest BCUT2D eigenvalue weighted by molar-refractivity contribution is 6.30. The molecule has 0 saturated heterocycles. The molecule has 33 heavy (non-hydrogen) atoms. The molecule has 0 bridgehead atoms. The molecule has 0 spiro atoms. The third-order valence-corrected chi connectivity index (χ3v) is 5.30. The summed E-state index contributed by atoms with van der Waals surface area (Å²) in [6, 6.07) is 19.8. The Morgan fingerprint density at radius 3 is 2.70 bits per heavy atom. The van der Waals surface area contributed by atoms with Crippen molar-refractivity contribution in [2.24, 2.45) is 5.73 Å². The molecule has 0 fully saturated rings. The van der Waals surface area contributed by atoms with E-state index in [0.29, 0.717) is 16.3 Å². The summed E-state index contributed by atoms with van der Waals surface area (Å²) in [5.41, 5.74) is 7.69. The molecule has 4 rings (SSSR count). The minimum Gasteiger partial charge on any atom is -0.476 e. The first-order chi connectivity index (χ1) is 15.9. The van der Waals surface area contributed by atoms with Crippen molar-refractivity contribution >= 4 is 17.6 Å². The van der Waals surface area contributed by atoms with Crippen LogP contribution in [0.2, 0.25) is 5.02 Å². The minimum atomic E-state index is -1.06. The van der Waals surface area contributed by atoms with Gasteiger partial charge in [-0.2, -0.15) is 5.26 Å². The Morgan fingerprint density at radius 2 is 1.97 bits per heavy atom. The third-order valence-electron chi connectivity index (χ3n) is 5.06. The van der Waals surface area contributed by atoms with Crippen molar-refractivity contribution in [3.8, 4) is 23.3 Å². The standard InChI is InChI=1S/C25H18ClFN2O4/c1-14(31-21-8-3-2-7-20(21)27)25(30)32-17-9-10-18-22(12-17)33-24(29)19(13-28)23(18)15-5-4-6-16(26)11-15/h2-12,14,23H,29H2,1H3. The molecule has 166 valence electrons. The summed E-state index contributed by atoms with van der Waals surface area (Å²) in [6.07, 6.45) is -1.06. The average molecular weight is 465 g/mol. The lowest BCUT2D eigenvalue weighted by atomic mass is 9.83. The number of benzene rings is 3. The molecule has 6 nitrogen and oxygen atoms in total. The second kappa shape index (κ2) is 9.23. The quantitative estimate of drug-likeness (QED) is 0.418. The summed E-state index contributed by atoms with van der Waals surface area (Å²) in [5, 5.41) is 10.2. The van der Waals surface area contributed by atoms with E-state index in [0.717, 1.165) is 5.56 Å². The van der Waals surface area contributed by atoms with Crippen LogP contribution >= 0.6 is 11.6 Å². The highest BCUT2D eigenvalue weighted by Crippen LogP contribution is 2.43. The number of carbonyl (C=O) groups excluding carboxylic acids is 1. The Morgan fingerprint density at radius 1 is 1.18 bits per heavy atom. The minimum absolute atomic E-state index is 0.0466. The van der Waals surface area contributed by atoms with Crippen LogP contribution in [0.25, 0.3) is 0 Å². The Bertz CT molecular complexity index is 1300. The van der Waals surface area contributed by atoms with Crippen molar-refractivity contribution in [2.75, 3.05) is 0 Å². The summed E-state index contributed by atoms with van der Waals surface area (Å²) in [4.78, 5) is 12.5. The van der Waals surface area contributed by atoms with Crippen molar-refractivity contribution in [3.05, 3.63) is 100 Å². The van der Waals surface area contributed by atoms with E-state index < -0.39 is 23.8 Å². The second-order valence-electron chi connectivity index (χ2n) is 7.29. The zero-order valence-corrected chi connectivity index (χ0v) is 18.2. The molecule has 2 atom stereocenters. The van der Waals surface area contributed by atoms with Crippen molar-refractivity contribution in [1.82, 2.24) is 0 Å². The van der Waals surface area contributed by atoms with Crippen molar-refractivity contribution in [3.63, 3.8) is 0 Å². The van der Waals surface area contributed by atoms with Crippen LogP contribution < -0.4 is 19.9 Å². The van der Waals surface area contributed by atoms with Gasteiger partial charge in [-0.05, 0) is 42.8 Å². The van der Waals surface area contributed by atoms with E-state index in [1.54, 1.807) is 36.4 Å². The van der Waals surface area contributed by atoms with Crippen molar-refractivity contribution in [1.29, 1.82) is 5.26 Å². The number of allylic oxidation sites excluding steroid dienone is 1. The van der Waals surface area contributed by atoms with E-state index in [2.05, 4.69) is 6.07 Å². The smallest absolute Gasteiger partial charge is 0.352 e. The molecule has 3 aromatic carbocycles. The molecule has 1 aliphatic rings. The SMILES string of the molecule is CC(Oc1ccccc1F)C(=O)Oc1ccc2c(c1)OC(N)=C(C#N)C2c1cccc(Cl)c1. The normalized spacial score (nSPS) is 15.6. The first kappa shape index (κ1) is 22.2. The van der Waals surface area contributed by atoms with E-state index in [4.69, 9.17) is 31.5 Å². The first-order valence-electron chi connectivity index (χ1n) is 9.97. The van der Waals surface area contributed by atoms with Gasteiger partial charge in [0.25, 0.3) is 0 Å². The van der Waals surface area contributed by atoms with Gasteiger partial charge in [-0.15, -0.1) is 0 Å². The number of hydrogen-bond acceptors (Lipinski definition) is 6. The molecule has 1 heterocycles. The van der Waals surface area contributed by atoms with E-state index in [-0.39, 0.29) is 23.0 Å². The number of esters is 1. The van der Waals surface area contributed by atoms with Gasteiger partial charge in [-0.3, -0.25) is 0 Å². The number of fused-ring (bicyclic) bond motifs is 1. The zero-order valence-electron chi connectivity index (χ0n) is 17.4. The van der Waals surface area contributed by atoms with Crippen molar-refractivity contribution < 1.29 is 23.4 Å². The molecule has 0 aliphatic carbocycles. The molecule has 0 saturated carbocycles. The third kappa shape index (κ3) is 4.61. The highest BCUT2D eigenvalue weighted by Gasteiger charge is 2.31. The fourth-order valence-corrected chi connectivity index (χ4v) is 3.71. The average Bonchev–Trinajstić information content (AvgIpc) is 2.79. The summed E-state index contributed by atoms with van der Waals surface area (Å²) in [6.45, 7) is 1.46. The van der Waals surface area contributed by atoms with Gasteiger partial charge in [-0.25, -0.2) is 9.18 Å². The van der Waals surface area contributed by atoms with Gasteiger partial charge in [0, 0.05) is 16.7 Å². The topological polar surface area (TPSA) is 94.6 Å². The molecule has 2 N–H and O–H groups in total. The number of nitrogens with two attached hydrogens (primary N) is 1. The van der Waals surface area contributed by atoms with E-state index in [1.807, 2.05) is 6.07 Å². The Kier molecular flexibility index (Phi) is 6.20. The zero-order chi connectivity index (χ0) is 23.5. The predicted molar refractivity (Wildman–Crippen MR) is 119 cm³/mol. The number of rotatable bonds is 5. The van der Waals surface area contributed by atoms with Crippen LogP contribution in [-0.2, 0) is 4.79 Å². The lowest BCUT2D eigenvalue weighted by Crippen LogP contribution is -2.29. The molecule has 3 aromatic rings. The van der Waals surface area contributed by atoms with Crippen LogP contribution in [0.1, 0.15) is 24.0 Å². The first-order valence-corrected chi connectivity index (χ1v) is 10.3. The number of nitrogens with zero attached hydrogens (tertiary/aromatic N) is 1. The monoisotopic (exact) mass is 464 g/mol. The van der Waals surface area contributed by atoms with Gasteiger partial charge >= 0.3 is 5.97 Å². The summed E-state index contributed by atoms with van der Waals surface area (Å²) in [7, 11) is 0. The Hall–Kier alpha value is -4.02. The van der Waals surface area contributed by atoms with Gasteiger partial charge in [0.05, 0.1) is 5.92 Å². The van der Waals surface area contributed by atoms with Gasteiger partial charge < -0.3 is 19.9 Å². The molecule has 2 unspecified atom stereocenters. The number of para-hydroxylation sites is 1. The Labute approximate surface area is 194 Å². The maximum atomic E-state index is 13.8. The van der Waals surface area contributed by atoms with Gasteiger partial charge in [0.2, 0.25) is 5.88 Å². The molecule has 8 heteroatoms. The highest BCUT2D eigenvalue weighted by atomic mass is 35.5. The van der Waals surface area contributed by atoms with Crippen LogP contribution in [0.4, 0.5) is 4.39 Å². The van der Waals surface area contributed by atoms with Gasteiger partial charge in [-0.1, -0.05) is 41.9 Å². The number of hydrogen-bond donors (Lipinski definition) is 1. The Balaban J connectivity index is 1.59. The molecule has 0 aromatic heterocycles. The maximum Gasteiger partial charge on any atom is 0.352 e. The lowest BCUT2D eigenvalue weighted by Gasteiger charge is -2.27. The van der Waals surface area contributed by atoms with Crippen LogP contribution in [-0.4, -0.2) is 12.1 Å². The molecule has 1 aliphatic heterocycles. The second-order valence-corrected chi connectivity index (χ2v) is 7.73. The van der Waals surface area contributed by atoms with Crippen LogP contribution in [0.3, 0.4) is 0 Å². The fourth-order valence-electron chi connectivity index (χ4n) is 3.51. The van der Waals surface area contributed by atoms with Crippen LogP contribution in [0.15, 0.2) is 78.2 Å². The summed E-state index contributed by atoms with van der Waals surface area (Å²) < 4.78 is 30.2. The van der Waals surface area contributed by atoms with E-state index in [1.165, 1.54) is 31.2 Å². The van der Waals surface area contributed by atoms with Crippen LogP contribution in [0, 0.1) is 17.1 Å².